The molecular weight excluding hydrogens is 266 g/mol. The Hall–Kier alpha value is -2.10. The topological polar surface area (TPSA) is 46.6 Å². The van der Waals surface area contributed by atoms with Gasteiger partial charge in [-0.05, 0) is 36.5 Å². The van der Waals surface area contributed by atoms with Crippen molar-refractivity contribution in [2.24, 2.45) is 0 Å². The number of methoxy groups -OCH3 is 1. The van der Waals surface area contributed by atoms with Crippen LogP contribution in [0.4, 0.5) is 0 Å². The predicted molar refractivity (Wildman–Crippen MR) is 81.6 cm³/mol. The van der Waals surface area contributed by atoms with E-state index in [0.717, 1.165) is 18.4 Å². The van der Waals surface area contributed by atoms with Crippen LogP contribution in [0, 0.1) is 0 Å². The Balaban J connectivity index is 2.02. The van der Waals surface area contributed by atoms with E-state index >= 15 is 0 Å². The second-order valence-corrected chi connectivity index (χ2v) is 5.14. The van der Waals surface area contributed by atoms with Gasteiger partial charge in [-0.1, -0.05) is 31.2 Å². The Labute approximate surface area is 125 Å². The van der Waals surface area contributed by atoms with Crippen molar-refractivity contribution in [3.05, 3.63) is 41.5 Å². The molecule has 0 spiro atoms. The van der Waals surface area contributed by atoms with Gasteiger partial charge in [-0.15, -0.1) is 0 Å². The van der Waals surface area contributed by atoms with Crippen LogP contribution in [0.3, 0.4) is 0 Å². The highest BCUT2D eigenvalue weighted by molar-refractivity contribution is 5.95. The Morgan fingerprint density at radius 2 is 2.05 bits per heavy atom. The molecule has 112 valence electrons. The summed E-state index contributed by atoms with van der Waals surface area (Å²) in [4.78, 5) is 25.4. The van der Waals surface area contributed by atoms with Gasteiger partial charge in [0.15, 0.2) is 0 Å². The van der Waals surface area contributed by atoms with Crippen LogP contribution in [-0.2, 0) is 20.7 Å². The van der Waals surface area contributed by atoms with Crippen molar-refractivity contribution in [2.75, 3.05) is 13.7 Å². The van der Waals surface area contributed by atoms with Gasteiger partial charge in [0.1, 0.15) is 6.04 Å². The van der Waals surface area contributed by atoms with E-state index in [1.54, 1.807) is 11.0 Å². The predicted octanol–water partition coefficient (Wildman–Crippen LogP) is 2.43. The van der Waals surface area contributed by atoms with E-state index in [0.29, 0.717) is 13.0 Å². The van der Waals surface area contributed by atoms with Gasteiger partial charge in [0, 0.05) is 12.6 Å². The lowest BCUT2D eigenvalue weighted by molar-refractivity contribution is -0.149. The molecule has 0 aliphatic carbocycles. The SMILES string of the molecule is CCc1ccc(/C=C/C(=O)N2CCCC2C(=O)OC)cc1. The molecule has 1 fully saturated rings. The molecule has 1 aromatic rings. The maximum absolute atomic E-state index is 12.2. The molecule has 1 atom stereocenters. The average molecular weight is 287 g/mol. The average Bonchev–Trinajstić information content (AvgIpc) is 3.02. The number of amides is 1. The Morgan fingerprint density at radius 3 is 2.67 bits per heavy atom. The van der Waals surface area contributed by atoms with Crippen LogP contribution in [0.1, 0.15) is 30.9 Å². The lowest BCUT2D eigenvalue weighted by Gasteiger charge is -2.20. The molecule has 4 heteroatoms. The number of nitrogens with zero attached hydrogens (tertiary/aromatic N) is 1. The minimum atomic E-state index is -0.436. The highest BCUT2D eigenvalue weighted by atomic mass is 16.5. The fraction of sp³-hybridized carbons (Fsp3) is 0.412. The fourth-order valence-electron chi connectivity index (χ4n) is 2.54. The van der Waals surface area contributed by atoms with Crippen LogP contribution in [0.25, 0.3) is 6.08 Å². The Bertz CT molecular complexity index is 533. The van der Waals surface area contributed by atoms with E-state index in [9.17, 15) is 9.59 Å². The van der Waals surface area contributed by atoms with E-state index in [2.05, 4.69) is 19.1 Å². The molecule has 0 N–H and O–H groups in total. The zero-order valence-electron chi connectivity index (χ0n) is 12.5. The lowest BCUT2D eigenvalue weighted by Crippen LogP contribution is -2.40. The van der Waals surface area contributed by atoms with Crippen molar-refractivity contribution < 1.29 is 14.3 Å². The molecule has 1 unspecified atom stereocenters. The first kappa shape index (κ1) is 15.3. The second-order valence-electron chi connectivity index (χ2n) is 5.14. The van der Waals surface area contributed by atoms with Crippen LogP contribution < -0.4 is 0 Å². The zero-order valence-corrected chi connectivity index (χ0v) is 12.5. The van der Waals surface area contributed by atoms with Crippen LogP contribution in [0.5, 0.6) is 0 Å². The molecule has 1 aliphatic rings. The molecule has 4 nitrogen and oxygen atoms in total. The summed E-state index contributed by atoms with van der Waals surface area (Å²) in [6.07, 6.45) is 5.83. The van der Waals surface area contributed by atoms with Crippen molar-refractivity contribution >= 4 is 18.0 Å². The molecule has 0 bridgehead atoms. The molecule has 2 rings (SSSR count). The van der Waals surface area contributed by atoms with Gasteiger partial charge < -0.3 is 9.64 Å². The van der Waals surface area contributed by atoms with Gasteiger partial charge in [-0.3, -0.25) is 4.79 Å². The van der Waals surface area contributed by atoms with E-state index in [1.165, 1.54) is 18.7 Å². The summed E-state index contributed by atoms with van der Waals surface area (Å²) in [6, 6.07) is 7.65. The molecule has 1 saturated heterocycles. The van der Waals surface area contributed by atoms with Crippen LogP contribution >= 0.6 is 0 Å². The summed E-state index contributed by atoms with van der Waals surface area (Å²) in [5, 5.41) is 0. The third-order valence-electron chi connectivity index (χ3n) is 3.82. The number of hydrogen-bond donors (Lipinski definition) is 0. The van der Waals surface area contributed by atoms with Gasteiger partial charge in [-0.25, -0.2) is 4.79 Å². The molecule has 0 aromatic heterocycles. The molecule has 1 heterocycles. The summed E-state index contributed by atoms with van der Waals surface area (Å²) in [6.45, 7) is 2.71. The smallest absolute Gasteiger partial charge is 0.328 e. The molecular formula is C17H21NO3. The largest absolute Gasteiger partial charge is 0.467 e. The minimum Gasteiger partial charge on any atom is -0.467 e. The van der Waals surface area contributed by atoms with E-state index in [1.807, 2.05) is 12.1 Å². The van der Waals surface area contributed by atoms with Crippen LogP contribution in [0.15, 0.2) is 30.3 Å². The van der Waals surface area contributed by atoms with Gasteiger partial charge in [0.05, 0.1) is 7.11 Å². The number of hydrogen-bond acceptors (Lipinski definition) is 3. The van der Waals surface area contributed by atoms with Crippen molar-refractivity contribution in [1.29, 1.82) is 0 Å². The van der Waals surface area contributed by atoms with Crippen molar-refractivity contribution in [3.8, 4) is 0 Å². The number of carbonyl (C=O) groups excluding carboxylic acids is 2. The van der Waals surface area contributed by atoms with Crippen molar-refractivity contribution in [3.63, 3.8) is 0 Å². The molecule has 21 heavy (non-hydrogen) atoms. The molecule has 1 aromatic carbocycles. The Morgan fingerprint density at radius 1 is 1.33 bits per heavy atom. The van der Waals surface area contributed by atoms with E-state index < -0.39 is 6.04 Å². The van der Waals surface area contributed by atoms with Crippen molar-refractivity contribution in [2.45, 2.75) is 32.2 Å². The summed E-state index contributed by atoms with van der Waals surface area (Å²) >= 11 is 0. The van der Waals surface area contributed by atoms with Gasteiger partial charge in [-0.2, -0.15) is 0 Å². The summed E-state index contributed by atoms with van der Waals surface area (Å²) in [7, 11) is 1.36. The standard InChI is InChI=1S/C17H21NO3/c1-3-13-6-8-14(9-7-13)10-11-16(19)18-12-4-5-15(18)17(20)21-2/h6-11,15H,3-5,12H2,1-2H3/b11-10+. The van der Waals surface area contributed by atoms with Gasteiger partial charge in [0.2, 0.25) is 5.91 Å². The number of carbonyl (C=O) groups is 2. The highest BCUT2D eigenvalue weighted by Crippen LogP contribution is 2.19. The van der Waals surface area contributed by atoms with E-state index in [-0.39, 0.29) is 11.9 Å². The number of benzene rings is 1. The summed E-state index contributed by atoms with van der Waals surface area (Å²) in [5.74, 6) is -0.469. The Kier molecular flexibility index (Phi) is 5.14. The second kappa shape index (κ2) is 7.07. The zero-order chi connectivity index (χ0) is 15.2. The first-order valence-electron chi connectivity index (χ1n) is 7.31. The normalized spacial score (nSPS) is 18.2. The number of likely N-dealkylation sites (tertiary alicyclic amines) is 1. The number of esters is 1. The molecule has 1 amide bonds. The van der Waals surface area contributed by atoms with Crippen molar-refractivity contribution in [1.82, 2.24) is 4.90 Å². The van der Waals surface area contributed by atoms with Crippen LogP contribution in [-0.4, -0.2) is 36.5 Å². The number of aryl methyl sites for hydroxylation is 1. The number of ether oxygens (including phenoxy) is 1. The third kappa shape index (κ3) is 3.72. The van der Waals surface area contributed by atoms with Gasteiger partial charge >= 0.3 is 5.97 Å². The quantitative estimate of drug-likeness (QED) is 0.631. The summed E-state index contributed by atoms with van der Waals surface area (Å²) in [5.41, 5.74) is 2.25. The fourth-order valence-corrected chi connectivity index (χ4v) is 2.54. The van der Waals surface area contributed by atoms with Gasteiger partial charge in [0.25, 0.3) is 0 Å². The minimum absolute atomic E-state index is 0.137. The maximum Gasteiger partial charge on any atom is 0.328 e. The maximum atomic E-state index is 12.2. The molecule has 0 saturated carbocycles. The molecule has 0 radical (unpaired) electrons. The monoisotopic (exact) mass is 287 g/mol. The lowest BCUT2D eigenvalue weighted by atomic mass is 10.1. The summed E-state index contributed by atoms with van der Waals surface area (Å²) < 4.78 is 4.75. The first-order valence-corrected chi connectivity index (χ1v) is 7.31. The van der Waals surface area contributed by atoms with Crippen LogP contribution in [0.2, 0.25) is 0 Å². The number of rotatable bonds is 4. The molecule has 1 aliphatic heterocycles. The first-order chi connectivity index (χ1) is 10.2. The third-order valence-corrected chi connectivity index (χ3v) is 3.82. The van der Waals surface area contributed by atoms with E-state index in [4.69, 9.17) is 4.74 Å². The highest BCUT2D eigenvalue weighted by Gasteiger charge is 2.33.